The molecule has 0 bridgehead atoms. The molecule has 0 spiro atoms. The molecule has 1 amide bonds. The quantitative estimate of drug-likeness (QED) is 0.420. The molecule has 32 heavy (non-hydrogen) atoms. The number of imidazole rings is 1. The lowest BCUT2D eigenvalue weighted by atomic mass is 10.1. The van der Waals surface area contributed by atoms with Gasteiger partial charge in [-0.3, -0.25) is 4.79 Å². The summed E-state index contributed by atoms with van der Waals surface area (Å²) in [6, 6.07) is 14.3. The fourth-order valence-corrected chi connectivity index (χ4v) is 5.66. The number of aryl methyl sites for hydroxylation is 1. The third-order valence-electron chi connectivity index (χ3n) is 5.98. The van der Waals surface area contributed by atoms with Crippen LogP contribution in [0, 0.1) is 6.92 Å². The highest BCUT2D eigenvalue weighted by Crippen LogP contribution is 2.34. The average molecular weight is 471 g/mol. The molecule has 2 heterocycles. The molecule has 1 aromatic heterocycles. The standard InChI is InChI=1S/C25H31ClN4OS/c1-4-13-29-14-7-8-19(16-29)30-23-10-6-5-9-22(23)28-25(30)32-18(3)24(31)27-21-12-11-17(2)15-20(21)26/h5-6,9-12,15,18-19H,4,7-8,13-14,16H2,1-3H3,(H,27,31). The van der Waals surface area contributed by atoms with Gasteiger partial charge in [0.1, 0.15) is 0 Å². The van der Waals surface area contributed by atoms with Gasteiger partial charge in [-0.05, 0) is 76.0 Å². The zero-order valence-electron chi connectivity index (χ0n) is 19.0. The van der Waals surface area contributed by atoms with Crippen molar-refractivity contribution in [2.24, 2.45) is 0 Å². The highest BCUT2D eigenvalue weighted by atomic mass is 35.5. The summed E-state index contributed by atoms with van der Waals surface area (Å²) in [6.07, 6.45) is 3.48. The van der Waals surface area contributed by atoms with E-state index in [0.29, 0.717) is 16.8 Å². The van der Waals surface area contributed by atoms with Crippen molar-refractivity contribution < 1.29 is 4.79 Å². The van der Waals surface area contributed by atoms with Crippen LogP contribution in [0.1, 0.15) is 44.7 Å². The molecule has 0 radical (unpaired) electrons. The number of carbonyl (C=O) groups is 1. The van der Waals surface area contributed by atoms with Crippen molar-refractivity contribution in [3.63, 3.8) is 0 Å². The van der Waals surface area contributed by atoms with E-state index >= 15 is 0 Å². The van der Waals surface area contributed by atoms with Gasteiger partial charge in [0.05, 0.1) is 27.0 Å². The molecular formula is C25H31ClN4OS. The van der Waals surface area contributed by atoms with Crippen molar-refractivity contribution in [3.05, 3.63) is 53.1 Å². The van der Waals surface area contributed by atoms with E-state index in [9.17, 15) is 4.79 Å². The van der Waals surface area contributed by atoms with E-state index in [1.54, 1.807) is 0 Å². The van der Waals surface area contributed by atoms with E-state index < -0.39 is 0 Å². The third-order valence-corrected chi connectivity index (χ3v) is 7.36. The van der Waals surface area contributed by atoms with Gasteiger partial charge in [-0.1, -0.05) is 48.5 Å². The van der Waals surface area contributed by atoms with E-state index in [-0.39, 0.29) is 11.2 Å². The van der Waals surface area contributed by atoms with Gasteiger partial charge in [0.25, 0.3) is 0 Å². The second-order valence-electron chi connectivity index (χ2n) is 8.58. The number of halogens is 1. The zero-order valence-corrected chi connectivity index (χ0v) is 20.5. The highest BCUT2D eigenvalue weighted by molar-refractivity contribution is 8.00. The lowest BCUT2D eigenvalue weighted by molar-refractivity contribution is -0.115. The van der Waals surface area contributed by atoms with Crippen LogP contribution in [0.5, 0.6) is 0 Å². The van der Waals surface area contributed by atoms with Gasteiger partial charge < -0.3 is 14.8 Å². The largest absolute Gasteiger partial charge is 0.324 e. The van der Waals surface area contributed by atoms with Gasteiger partial charge in [0, 0.05) is 12.6 Å². The molecule has 2 atom stereocenters. The molecule has 7 heteroatoms. The molecule has 2 aromatic carbocycles. The van der Waals surface area contributed by atoms with E-state index in [1.165, 1.54) is 18.2 Å². The second-order valence-corrected chi connectivity index (χ2v) is 10.3. The first-order valence-electron chi connectivity index (χ1n) is 11.4. The summed E-state index contributed by atoms with van der Waals surface area (Å²) in [4.78, 5) is 20.4. The van der Waals surface area contributed by atoms with Crippen LogP contribution in [-0.2, 0) is 4.79 Å². The molecule has 1 aliphatic heterocycles. The molecular weight excluding hydrogens is 440 g/mol. The van der Waals surface area contributed by atoms with Crippen LogP contribution >= 0.6 is 23.4 Å². The van der Waals surface area contributed by atoms with E-state index in [4.69, 9.17) is 16.6 Å². The number of hydrogen-bond acceptors (Lipinski definition) is 4. The third kappa shape index (κ3) is 5.13. The fraction of sp³-hybridized carbons (Fsp3) is 0.440. The summed E-state index contributed by atoms with van der Waals surface area (Å²) in [5, 5.41) is 4.14. The number of fused-ring (bicyclic) bond motifs is 1. The van der Waals surface area contributed by atoms with Crippen LogP contribution in [0.2, 0.25) is 5.02 Å². The summed E-state index contributed by atoms with van der Waals surface area (Å²) in [7, 11) is 0. The van der Waals surface area contributed by atoms with E-state index in [2.05, 4.69) is 39.9 Å². The normalized spacial score (nSPS) is 18.1. The van der Waals surface area contributed by atoms with Crippen LogP contribution in [0.3, 0.4) is 0 Å². The topological polar surface area (TPSA) is 50.2 Å². The summed E-state index contributed by atoms with van der Waals surface area (Å²) >= 11 is 7.83. The lowest BCUT2D eigenvalue weighted by Crippen LogP contribution is -2.37. The maximum atomic E-state index is 13.0. The summed E-state index contributed by atoms with van der Waals surface area (Å²) < 4.78 is 2.37. The SMILES string of the molecule is CCCN1CCCC(n2c(SC(C)C(=O)Nc3ccc(C)cc3Cl)nc3ccccc32)C1. The minimum atomic E-state index is -0.307. The van der Waals surface area contributed by atoms with Gasteiger partial charge >= 0.3 is 0 Å². The molecule has 1 fully saturated rings. The molecule has 2 unspecified atom stereocenters. The lowest BCUT2D eigenvalue weighted by Gasteiger charge is -2.34. The molecule has 0 saturated carbocycles. The minimum Gasteiger partial charge on any atom is -0.324 e. The summed E-state index contributed by atoms with van der Waals surface area (Å²) in [6.45, 7) is 9.46. The number of aromatic nitrogens is 2. The van der Waals surface area contributed by atoms with Crippen molar-refractivity contribution in [3.8, 4) is 0 Å². The number of nitrogens with zero attached hydrogens (tertiary/aromatic N) is 3. The molecule has 4 rings (SSSR count). The number of hydrogen-bond donors (Lipinski definition) is 1. The molecule has 3 aromatic rings. The molecule has 1 aliphatic rings. The van der Waals surface area contributed by atoms with Crippen molar-refractivity contribution in [2.75, 3.05) is 25.0 Å². The predicted octanol–water partition coefficient (Wildman–Crippen LogP) is 6.16. The molecule has 5 nitrogen and oxygen atoms in total. The Labute approximate surface area is 199 Å². The zero-order chi connectivity index (χ0) is 22.7. The number of anilines is 1. The Morgan fingerprint density at radius 2 is 2.12 bits per heavy atom. The first-order chi connectivity index (χ1) is 15.5. The number of amides is 1. The van der Waals surface area contributed by atoms with Crippen molar-refractivity contribution >= 4 is 46.0 Å². The predicted molar refractivity (Wildman–Crippen MR) is 135 cm³/mol. The van der Waals surface area contributed by atoms with Gasteiger partial charge in [-0.2, -0.15) is 0 Å². The molecule has 1 saturated heterocycles. The monoisotopic (exact) mass is 470 g/mol. The highest BCUT2D eigenvalue weighted by Gasteiger charge is 2.27. The Kier molecular flexibility index (Phi) is 7.44. The number of likely N-dealkylation sites (tertiary alicyclic amines) is 1. The van der Waals surface area contributed by atoms with Crippen LogP contribution in [0.15, 0.2) is 47.6 Å². The second kappa shape index (κ2) is 10.3. The first-order valence-corrected chi connectivity index (χ1v) is 12.6. The summed E-state index contributed by atoms with van der Waals surface area (Å²) in [5.74, 6) is -0.0735. The van der Waals surface area contributed by atoms with Crippen LogP contribution in [0.4, 0.5) is 5.69 Å². The van der Waals surface area contributed by atoms with E-state index in [1.807, 2.05) is 38.1 Å². The van der Waals surface area contributed by atoms with Gasteiger partial charge in [0.15, 0.2) is 5.16 Å². The smallest absolute Gasteiger partial charge is 0.237 e. The van der Waals surface area contributed by atoms with Crippen LogP contribution < -0.4 is 5.32 Å². The number of benzene rings is 2. The van der Waals surface area contributed by atoms with Crippen molar-refractivity contribution in [2.45, 2.75) is 56.5 Å². The number of piperidine rings is 1. The van der Waals surface area contributed by atoms with E-state index in [0.717, 1.165) is 54.2 Å². The number of para-hydroxylation sites is 2. The number of nitrogens with one attached hydrogen (secondary N) is 1. The van der Waals surface area contributed by atoms with Crippen molar-refractivity contribution in [1.82, 2.24) is 14.5 Å². The molecule has 170 valence electrons. The van der Waals surface area contributed by atoms with Crippen LogP contribution in [0.25, 0.3) is 11.0 Å². The van der Waals surface area contributed by atoms with Gasteiger partial charge in [0.2, 0.25) is 5.91 Å². The fourth-order valence-electron chi connectivity index (χ4n) is 4.39. The Bertz CT molecular complexity index is 1100. The number of carbonyl (C=O) groups excluding carboxylic acids is 1. The average Bonchev–Trinajstić information content (AvgIpc) is 3.13. The Morgan fingerprint density at radius 3 is 2.91 bits per heavy atom. The number of thioether (sulfide) groups is 1. The maximum absolute atomic E-state index is 13.0. The first kappa shape index (κ1) is 23.1. The molecule has 1 N–H and O–H groups in total. The van der Waals surface area contributed by atoms with Crippen molar-refractivity contribution in [1.29, 1.82) is 0 Å². The maximum Gasteiger partial charge on any atom is 0.237 e. The Hall–Kier alpha value is -2.02. The van der Waals surface area contributed by atoms with Gasteiger partial charge in [-0.15, -0.1) is 0 Å². The summed E-state index contributed by atoms with van der Waals surface area (Å²) in [5.41, 5.74) is 3.84. The Balaban J connectivity index is 1.57. The van der Waals surface area contributed by atoms with Gasteiger partial charge in [-0.25, -0.2) is 4.98 Å². The Morgan fingerprint density at radius 1 is 1.31 bits per heavy atom. The number of rotatable bonds is 7. The van der Waals surface area contributed by atoms with Crippen LogP contribution in [-0.4, -0.2) is 45.2 Å². The minimum absolute atomic E-state index is 0.0735. The molecule has 0 aliphatic carbocycles.